The summed E-state index contributed by atoms with van der Waals surface area (Å²) < 4.78 is 5.39. The van der Waals surface area contributed by atoms with Gasteiger partial charge in [0.25, 0.3) is 0 Å². The van der Waals surface area contributed by atoms with Crippen LogP contribution in [0.3, 0.4) is 0 Å². The molecular weight excluding hydrogens is 220 g/mol. The Balaban J connectivity index is 2.99. The van der Waals surface area contributed by atoms with Crippen molar-refractivity contribution < 1.29 is 9.66 Å². The van der Waals surface area contributed by atoms with Crippen molar-refractivity contribution in [3.63, 3.8) is 0 Å². The van der Waals surface area contributed by atoms with E-state index in [1.54, 1.807) is 18.2 Å². The van der Waals surface area contributed by atoms with E-state index in [9.17, 15) is 10.1 Å². The number of hydrogen-bond donors (Lipinski definition) is 1. The molecule has 0 amide bonds. The molecule has 0 aliphatic carbocycles. The van der Waals surface area contributed by atoms with Gasteiger partial charge in [0.15, 0.2) is 5.75 Å². The summed E-state index contributed by atoms with van der Waals surface area (Å²) in [7, 11) is 0. The molecule has 17 heavy (non-hydrogen) atoms. The third-order valence-corrected chi connectivity index (χ3v) is 2.21. The molecule has 0 aliphatic heterocycles. The second-order valence-corrected chi connectivity index (χ2v) is 3.68. The lowest BCUT2D eigenvalue weighted by Gasteiger charge is -2.10. The lowest BCUT2D eigenvalue weighted by atomic mass is 10.2. The molecule has 0 aromatic heterocycles. The van der Waals surface area contributed by atoms with Gasteiger partial charge in [0, 0.05) is 6.54 Å². The SMILES string of the molecule is CCCNc1cccc(OCCC)c1[N+](=O)[O-]. The standard InChI is InChI=1S/C12H18N2O3/c1-3-8-13-10-6-5-7-11(17-9-4-2)12(10)14(15)16/h5-7,13H,3-4,8-9H2,1-2H3. The van der Waals surface area contributed by atoms with Gasteiger partial charge in [0.05, 0.1) is 11.5 Å². The summed E-state index contributed by atoms with van der Waals surface area (Å²) in [6.07, 6.45) is 1.74. The molecule has 0 bridgehead atoms. The van der Waals surface area contributed by atoms with Crippen molar-refractivity contribution in [2.45, 2.75) is 26.7 Å². The summed E-state index contributed by atoms with van der Waals surface area (Å²) in [5.41, 5.74) is 0.542. The Labute approximate surface area is 101 Å². The fourth-order valence-corrected chi connectivity index (χ4v) is 1.44. The Morgan fingerprint density at radius 2 is 2.12 bits per heavy atom. The summed E-state index contributed by atoms with van der Waals surface area (Å²) >= 11 is 0. The van der Waals surface area contributed by atoms with E-state index in [-0.39, 0.29) is 5.69 Å². The molecule has 5 nitrogen and oxygen atoms in total. The minimum Gasteiger partial charge on any atom is -0.487 e. The van der Waals surface area contributed by atoms with Gasteiger partial charge < -0.3 is 10.1 Å². The van der Waals surface area contributed by atoms with Gasteiger partial charge >= 0.3 is 5.69 Å². The molecule has 1 aromatic carbocycles. The maximum absolute atomic E-state index is 11.1. The van der Waals surface area contributed by atoms with Crippen molar-refractivity contribution in [1.29, 1.82) is 0 Å². The van der Waals surface area contributed by atoms with E-state index in [4.69, 9.17) is 4.74 Å². The van der Waals surface area contributed by atoms with Crippen LogP contribution in [0.25, 0.3) is 0 Å². The number of hydrogen-bond acceptors (Lipinski definition) is 4. The quantitative estimate of drug-likeness (QED) is 0.585. The van der Waals surface area contributed by atoms with E-state index >= 15 is 0 Å². The lowest BCUT2D eigenvalue weighted by Crippen LogP contribution is -2.05. The maximum Gasteiger partial charge on any atom is 0.333 e. The Morgan fingerprint density at radius 1 is 1.35 bits per heavy atom. The van der Waals surface area contributed by atoms with E-state index in [2.05, 4.69) is 5.32 Å². The predicted octanol–water partition coefficient (Wildman–Crippen LogP) is 3.21. The molecule has 0 radical (unpaired) electrons. The van der Waals surface area contributed by atoms with Gasteiger partial charge in [-0.2, -0.15) is 0 Å². The first-order valence-corrected chi connectivity index (χ1v) is 5.84. The monoisotopic (exact) mass is 238 g/mol. The molecular formula is C12H18N2O3. The van der Waals surface area contributed by atoms with E-state index in [0.29, 0.717) is 24.6 Å². The number of anilines is 1. The van der Waals surface area contributed by atoms with Crippen molar-refractivity contribution in [1.82, 2.24) is 0 Å². The first-order valence-electron chi connectivity index (χ1n) is 5.84. The molecule has 0 heterocycles. The number of ether oxygens (including phenoxy) is 1. The van der Waals surface area contributed by atoms with E-state index in [1.807, 2.05) is 13.8 Å². The van der Waals surface area contributed by atoms with Gasteiger partial charge in [-0.05, 0) is 25.0 Å². The molecule has 1 N–H and O–H groups in total. The van der Waals surface area contributed by atoms with Crippen LogP contribution >= 0.6 is 0 Å². The van der Waals surface area contributed by atoms with Crippen molar-refractivity contribution in [3.05, 3.63) is 28.3 Å². The molecule has 5 heteroatoms. The highest BCUT2D eigenvalue weighted by atomic mass is 16.6. The van der Waals surface area contributed by atoms with Gasteiger partial charge in [0.2, 0.25) is 0 Å². The van der Waals surface area contributed by atoms with Gasteiger partial charge in [-0.1, -0.05) is 19.9 Å². The first-order chi connectivity index (χ1) is 8.20. The number of nitro groups is 1. The molecule has 0 atom stereocenters. The molecule has 94 valence electrons. The third kappa shape index (κ3) is 3.62. The zero-order chi connectivity index (χ0) is 12.7. The average molecular weight is 238 g/mol. The summed E-state index contributed by atoms with van der Waals surface area (Å²) in [6, 6.07) is 5.09. The van der Waals surface area contributed by atoms with Crippen molar-refractivity contribution in [3.8, 4) is 5.75 Å². The summed E-state index contributed by atoms with van der Waals surface area (Å²) in [5.74, 6) is 0.331. The minimum absolute atomic E-state index is 0.0226. The van der Waals surface area contributed by atoms with Crippen LogP contribution in [0.15, 0.2) is 18.2 Å². The second-order valence-electron chi connectivity index (χ2n) is 3.68. The highest BCUT2D eigenvalue weighted by Crippen LogP contribution is 2.34. The summed E-state index contributed by atoms with van der Waals surface area (Å²) in [6.45, 7) is 5.16. The van der Waals surface area contributed by atoms with Gasteiger partial charge in [0.1, 0.15) is 5.69 Å². The molecule has 0 saturated heterocycles. The molecule has 0 unspecified atom stereocenters. The number of nitrogens with zero attached hydrogens (tertiary/aromatic N) is 1. The van der Waals surface area contributed by atoms with Gasteiger partial charge in [-0.15, -0.1) is 0 Å². The Morgan fingerprint density at radius 3 is 2.71 bits per heavy atom. The first kappa shape index (κ1) is 13.3. The molecule has 0 aliphatic rings. The minimum atomic E-state index is -0.400. The molecule has 0 spiro atoms. The summed E-state index contributed by atoms with van der Waals surface area (Å²) in [4.78, 5) is 10.7. The normalized spacial score (nSPS) is 10.0. The van der Waals surface area contributed by atoms with Crippen molar-refractivity contribution >= 4 is 11.4 Å². The van der Waals surface area contributed by atoms with Crippen LogP contribution in [0.2, 0.25) is 0 Å². The zero-order valence-corrected chi connectivity index (χ0v) is 10.2. The molecule has 1 aromatic rings. The van der Waals surface area contributed by atoms with Crippen molar-refractivity contribution in [2.75, 3.05) is 18.5 Å². The van der Waals surface area contributed by atoms with E-state index in [0.717, 1.165) is 12.8 Å². The van der Waals surface area contributed by atoms with Gasteiger partial charge in [-0.3, -0.25) is 10.1 Å². The lowest BCUT2D eigenvalue weighted by molar-refractivity contribution is -0.385. The topological polar surface area (TPSA) is 64.4 Å². The largest absolute Gasteiger partial charge is 0.487 e. The van der Waals surface area contributed by atoms with Gasteiger partial charge in [-0.25, -0.2) is 0 Å². The summed E-state index contributed by atoms with van der Waals surface area (Å²) in [5, 5.41) is 14.1. The van der Waals surface area contributed by atoms with Crippen LogP contribution < -0.4 is 10.1 Å². The smallest absolute Gasteiger partial charge is 0.333 e. The van der Waals surface area contributed by atoms with Crippen molar-refractivity contribution in [2.24, 2.45) is 0 Å². The number of nitrogens with one attached hydrogen (secondary N) is 1. The Hall–Kier alpha value is -1.78. The fraction of sp³-hybridized carbons (Fsp3) is 0.500. The highest BCUT2D eigenvalue weighted by Gasteiger charge is 2.20. The molecule has 1 rings (SSSR count). The zero-order valence-electron chi connectivity index (χ0n) is 10.2. The molecule has 0 fully saturated rings. The second kappa shape index (κ2) is 6.73. The third-order valence-electron chi connectivity index (χ3n) is 2.21. The average Bonchev–Trinajstić information content (AvgIpc) is 2.33. The van der Waals surface area contributed by atoms with Crippen LogP contribution in [0.1, 0.15) is 26.7 Å². The number of para-hydroxylation sites is 1. The maximum atomic E-state index is 11.1. The Bertz CT molecular complexity index is 354. The Kier molecular flexibility index (Phi) is 5.26. The highest BCUT2D eigenvalue weighted by molar-refractivity contribution is 5.68. The number of rotatable bonds is 7. The fourth-order valence-electron chi connectivity index (χ4n) is 1.44. The van der Waals surface area contributed by atoms with Crippen LogP contribution in [-0.4, -0.2) is 18.1 Å². The van der Waals surface area contributed by atoms with Crippen LogP contribution in [-0.2, 0) is 0 Å². The van der Waals surface area contributed by atoms with Crippen LogP contribution in [0.4, 0.5) is 11.4 Å². The van der Waals surface area contributed by atoms with E-state index in [1.165, 1.54) is 0 Å². The number of benzene rings is 1. The van der Waals surface area contributed by atoms with Crippen LogP contribution in [0, 0.1) is 10.1 Å². The van der Waals surface area contributed by atoms with Crippen LogP contribution in [0.5, 0.6) is 5.75 Å². The van der Waals surface area contributed by atoms with E-state index < -0.39 is 4.92 Å². The number of nitro benzene ring substituents is 1. The molecule has 0 saturated carbocycles. The predicted molar refractivity (Wildman–Crippen MR) is 67.7 cm³/mol.